The van der Waals surface area contributed by atoms with Gasteiger partial charge in [-0.2, -0.15) is 0 Å². The van der Waals surface area contributed by atoms with Gasteiger partial charge in [0.2, 0.25) is 0 Å². The quantitative estimate of drug-likeness (QED) is 0.921. The van der Waals surface area contributed by atoms with Gasteiger partial charge in [-0.3, -0.25) is 9.88 Å². The molecule has 0 saturated carbocycles. The molecular weight excluding hydrogens is 294 g/mol. The highest BCUT2D eigenvalue weighted by Gasteiger charge is 2.33. The molecule has 1 aromatic carbocycles. The Balaban J connectivity index is 0.00000176. The summed E-state index contributed by atoms with van der Waals surface area (Å²) in [6, 6.07) is 9.02. The number of aryl methyl sites for hydroxylation is 1. The van der Waals surface area contributed by atoms with E-state index < -0.39 is 0 Å². The van der Waals surface area contributed by atoms with Gasteiger partial charge in [0.05, 0.1) is 5.52 Å². The van der Waals surface area contributed by atoms with Crippen LogP contribution in [0.15, 0.2) is 30.5 Å². The number of nitrogens with zero attached hydrogens (tertiary/aromatic N) is 2. The van der Waals surface area contributed by atoms with Crippen LogP contribution in [0.2, 0.25) is 0 Å². The summed E-state index contributed by atoms with van der Waals surface area (Å²) < 4.78 is 0. The van der Waals surface area contributed by atoms with Crippen molar-refractivity contribution in [1.29, 1.82) is 0 Å². The molecule has 1 atom stereocenters. The Morgan fingerprint density at radius 2 is 2.14 bits per heavy atom. The number of hydrogen-bond acceptors (Lipinski definition) is 3. The molecule has 1 fully saturated rings. The first-order chi connectivity index (χ1) is 9.95. The first-order valence-corrected chi connectivity index (χ1v) is 7.78. The third-order valence-electron chi connectivity index (χ3n) is 4.75. The van der Waals surface area contributed by atoms with E-state index in [4.69, 9.17) is 5.73 Å². The minimum Gasteiger partial charge on any atom is -0.327 e. The zero-order valence-electron chi connectivity index (χ0n) is 13.7. The van der Waals surface area contributed by atoms with Crippen LogP contribution < -0.4 is 5.73 Å². The van der Waals surface area contributed by atoms with E-state index in [1.165, 1.54) is 16.5 Å². The molecule has 3 rings (SSSR count). The number of likely N-dealkylation sites (tertiary alicyclic amines) is 1. The van der Waals surface area contributed by atoms with Crippen LogP contribution in [-0.4, -0.2) is 29.0 Å². The van der Waals surface area contributed by atoms with Crippen molar-refractivity contribution in [1.82, 2.24) is 9.88 Å². The smallest absolute Gasteiger partial charge is 0.0731 e. The van der Waals surface area contributed by atoms with Gasteiger partial charge in [-0.25, -0.2) is 0 Å². The molecule has 22 heavy (non-hydrogen) atoms. The maximum atomic E-state index is 6.23. The van der Waals surface area contributed by atoms with Crippen LogP contribution in [0.4, 0.5) is 0 Å². The molecule has 4 heteroatoms. The van der Waals surface area contributed by atoms with E-state index in [0.29, 0.717) is 6.04 Å². The van der Waals surface area contributed by atoms with E-state index in [2.05, 4.69) is 48.9 Å². The monoisotopic (exact) mass is 319 g/mol. The third-order valence-corrected chi connectivity index (χ3v) is 4.75. The molecular formula is C18H26ClN3. The first-order valence-electron chi connectivity index (χ1n) is 7.78. The van der Waals surface area contributed by atoms with Gasteiger partial charge in [0.15, 0.2) is 0 Å². The predicted molar refractivity (Wildman–Crippen MR) is 95.4 cm³/mol. The van der Waals surface area contributed by atoms with Gasteiger partial charge in [0, 0.05) is 37.3 Å². The highest BCUT2D eigenvalue weighted by Crippen LogP contribution is 2.29. The zero-order chi connectivity index (χ0) is 15.0. The van der Waals surface area contributed by atoms with Crippen molar-refractivity contribution in [2.75, 3.05) is 13.1 Å². The van der Waals surface area contributed by atoms with Crippen molar-refractivity contribution >= 4 is 23.3 Å². The van der Waals surface area contributed by atoms with E-state index >= 15 is 0 Å². The molecule has 2 heterocycles. The lowest BCUT2D eigenvalue weighted by atomic mass is 9.79. The lowest BCUT2D eigenvalue weighted by molar-refractivity contribution is 0.0899. The van der Waals surface area contributed by atoms with E-state index in [1.54, 1.807) is 0 Å². The van der Waals surface area contributed by atoms with Crippen molar-refractivity contribution in [2.24, 2.45) is 11.1 Å². The van der Waals surface area contributed by atoms with Gasteiger partial charge in [0.25, 0.3) is 0 Å². The Bertz CT molecular complexity index is 654. The van der Waals surface area contributed by atoms with Crippen molar-refractivity contribution in [2.45, 2.75) is 39.8 Å². The van der Waals surface area contributed by atoms with Crippen molar-refractivity contribution in [3.8, 4) is 0 Å². The molecule has 2 N–H and O–H groups in total. The summed E-state index contributed by atoms with van der Waals surface area (Å²) >= 11 is 0. The second-order valence-corrected chi connectivity index (χ2v) is 7.08. The molecule has 0 aliphatic carbocycles. The number of halogens is 1. The summed E-state index contributed by atoms with van der Waals surface area (Å²) in [5, 5.41) is 1.24. The molecule has 0 amide bonds. The lowest BCUT2D eigenvalue weighted by Crippen LogP contribution is -2.52. The second-order valence-electron chi connectivity index (χ2n) is 7.08. The fourth-order valence-electron chi connectivity index (χ4n) is 3.42. The van der Waals surface area contributed by atoms with Crippen LogP contribution in [0.25, 0.3) is 10.9 Å². The minimum absolute atomic E-state index is 0. The van der Waals surface area contributed by atoms with E-state index in [-0.39, 0.29) is 17.8 Å². The molecule has 1 aromatic heterocycles. The van der Waals surface area contributed by atoms with Crippen LogP contribution >= 0.6 is 12.4 Å². The Kier molecular flexibility index (Phi) is 5.10. The molecule has 1 saturated heterocycles. The van der Waals surface area contributed by atoms with Gasteiger partial charge >= 0.3 is 0 Å². The molecule has 0 spiro atoms. The van der Waals surface area contributed by atoms with Gasteiger partial charge in [-0.1, -0.05) is 26.0 Å². The van der Waals surface area contributed by atoms with Crippen molar-refractivity contribution in [3.05, 3.63) is 41.6 Å². The normalized spacial score (nSPS) is 21.5. The number of nitrogens with two attached hydrogens (primary N) is 1. The molecule has 3 nitrogen and oxygen atoms in total. The Hall–Kier alpha value is -1.16. The number of rotatable bonds is 2. The molecule has 0 radical (unpaired) electrons. The molecule has 120 valence electrons. The number of piperidine rings is 1. The topological polar surface area (TPSA) is 42.1 Å². The summed E-state index contributed by atoms with van der Waals surface area (Å²) in [6.07, 6.45) is 2.95. The van der Waals surface area contributed by atoms with Crippen LogP contribution in [-0.2, 0) is 6.54 Å². The summed E-state index contributed by atoms with van der Waals surface area (Å²) in [6.45, 7) is 9.86. The predicted octanol–water partition coefficient (Wildman–Crippen LogP) is 3.52. The Labute approximate surface area is 139 Å². The number of hydrogen-bond donors (Lipinski definition) is 1. The summed E-state index contributed by atoms with van der Waals surface area (Å²) in [5.41, 5.74) is 10.2. The average molecular weight is 320 g/mol. The second kappa shape index (κ2) is 6.53. The summed E-state index contributed by atoms with van der Waals surface area (Å²) in [4.78, 5) is 7.00. The molecule has 1 aliphatic heterocycles. The summed E-state index contributed by atoms with van der Waals surface area (Å²) in [5.74, 6) is 0. The van der Waals surface area contributed by atoms with Gasteiger partial charge in [-0.15, -0.1) is 12.4 Å². The molecule has 0 bridgehead atoms. The lowest BCUT2D eigenvalue weighted by Gasteiger charge is -2.42. The largest absolute Gasteiger partial charge is 0.327 e. The standard InChI is InChI=1S/C18H25N3.ClH/c1-13-9-14(10-15-5-4-7-20-17(13)15)11-21-8-6-16(19)18(2,3)12-21;/h4-5,7,9-10,16H,6,8,11-12,19H2,1-3H3;1H. The van der Waals surface area contributed by atoms with Crippen molar-refractivity contribution < 1.29 is 0 Å². The van der Waals surface area contributed by atoms with Crippen LogP contribution in [0.5, 0.6) is 0 Å². The number of pyridine rings is 1. The highest BCUT2D eigenvalue weighted by atomic mass is 35.5. The van der Waals surface area contributed by atoms with Gasteiger partial charge in [0.1, 0.15) is 0 Å². The van der Waals surface area contributed by atoms with E-state index in [9.17, 15) is 0 Å². The fraction of sp³-hybridized carbons (Fsp3) is 0.500. The molecule has 1 unspecified atom stereocenters. The number of aromatic nitrogens is 1. The van der Waals surface area contributed by atoms with Crippen LogP contribution in [0.1, 0.15) is 31.4 Å². The first kappa shape index (κ1) is 17.2. The minimum atomic E-state index is 0. The maximum Gasteiger partial charge on any atom is 0.0731 e. The summed E-state index contributed by atoms with van der Waals surface area (Å²) in [7, 11) is 0. The van der Waals surface area contributed by atoms with Crippen molar-refractivity contribution in [3.63, 3.8) is 0 Å². The Morgan fingerprint density at radius 3 is 2.86 bits per heavy atom. The maximum absolute atomic E-state index is 6.23. The van der Waals surface area contributed by atoms with Crippen LogP contribution in [0.3, 0.4) is 0 Å². The Morgan fingerprint density at radius 1 is 1.36 bits per heavy atom. The van der Waals surface area contributed by atoms with Gasteiger partial charge < -0.3 is 5.73 Å². The van der Waals surface area contributed by atoms with E-state index in [1.807, 2.05) is 12.3 Å². The number of fused-ring (bicyclic) bond motifs is 1. The highest BCUT2D eigenvalue weighted by molar-refractivity contribution is 5.85. The average Bonchev–Trinajstić information content (AvgIpc) is 2.43. The zero-order valence-corrected chi connectivity index (χ0v) is 14.5. The fourth-order valence-corrected chi connectivity index (χ4v) is 3.42. The SMILES string of the molecule is Cc1cc(CN2CCC(N)C(C)(C)C2)cc2cccnc12.Cl. The van der Waals surface area contributed by atoms with Gasteiger partial charge in [-0.05, 0) is 42.0 Å². The van der Waals surface area contributed by atoms with Crippen LogP contribution in [0, 0.1) is 12.3 Å². The molecule has 2 aromatic rings. The molecule has 1 aliphatic rings. The number of benzene rings is 1. The third kappa shape index (κ3) is 3.43. The van der Waals surface area contributed by atoms with E-state index in [0.717, 1.165) is 31.6 Å².